The fourth-order valence-corrected chi connectivity index (χ4v) is 5.52. The normalized spacial score (nSPS) is 19.0. The number of methoxy groups -OCH3 is 1. The Morgan fingerprint density at radius 2 is 1.89 bits per heavy atom. The largest absolute Gasteiger partial charge is 0.436 e. The van der Waals surface area contributed by atoms with Crippen molar-refractivity contribution in [1.82, 2.24) is 40.0 Å². The Kier molecular flexibility index (Phi) is 7.73. The van der Waals surface area contributed by atoms with Gasteiger partial charge in [-0.25, -0.2) is 9.37 Å². The van der Waals surface area contributed by atoms with E-state index in [1.807, 2.05) is 30.3 Å². The van der Waals surface area contributed by atoms with Crippen LogP contribution in [0.2, 0.25) is 0 Å². The lowest BCUT2D eigenvalue weighted by Gasteiger charge is -2.38. The summed E-state index contributed by atoms with van der Waals surface area (Å²) in [5.41, 5.74) is 3.48. The molecule has 14 heteroatoms. The second-order valence-corrected chi connectivity index (χ2v) is 11.1. The number of amides is 2. The molecule has 0 bridgehead atoms. The van der Waals surface area contributed by atoms with Gasteiger partial charge in [-0.2, -0.15) is 0 Å². The van der Waals surface area contributed by atoms with Crippen molar-refractivity contribution in [3.05, 3.63) is 83.9 Å². The number of hydrogen-bond acceptors (Lipinski definition) is 10. The van der Waals surface area contributed by atoms with Crippen molar-refractivity contribution in [2.45, 2.75) is 25.4 Å². The van der Waals surface area contributed by atoms with Gasteiger partial charge in [-0.3, -0.25) is 19.5 Å². The number of benzene rings is 2. The number of anilines is 1. The van der Waals surface area contributed by atoms with E-state index in [0.29, 0.717) is 60.2 Å². The zero-order valence-electron chi connectivity index (χ0n) is 24.4. The van der Waals surface area contributed by atoms with E-state index < -0.39 is 12.1 Å². The van der Waals surface area contributed by atoms with Gasteiger partial charge in [-0.05, 0) is 47.5 Å². The van der Waals surface area contributed by atoms with Crippen molar-refractivity contribution in [1.29, 1.82) is 0 Å². The molecule has 0 radical (unpaired) electrons. The first kappa shape index (κ1) is 28.7. The number of piperazine rings is 1. The molecule has 7 rings (SSSR count). The van der Waals surface area contributed by atoms with Crippen LogP contribution in [0.5, 0.6) is 0 Å². The second kappa shape index (κ2) is 12.1. The molecule has 3 aromatic heterocycles. The van der Waals surface area contributed by atoms with Gasteiger partial charge in [0.25, 0.3) is 5.91 Å². The van der Waals surface area contributed by atoms with Gasteiger partial charge in [0.1, 0.15) is 17.4 Å². The van der Waals surface area contributed by atoms with Crippen LogP contribution in [0.15, 0.2) is 71.3 Å². The van der Waals surface area contributed by atoms with E-state index in [1.165, 1.54) is 4.80 Å². The maximum Gasteiger partial charge on any atom is 0.272 e. The van der Waals surface area contributed by atoms with Crippen molar-refractivity contribution >= 4 is 28.6 Å². The molecule has 1 saturated carbocycles. The summed E-state index contributed by atoms with van der Waals surface area (Å²) in [6, 6.07) is 18.2. The zero-order valence-corrected chi connectivity index (χ0v) is 24.4. The van der Waals surface area contributed by atoms with Crippen LogP contribution >= 0.6 is 0 Å². The van der Waals surface area contributed by atoms with Crippen molar-refractivity contribution in [3.8, 4) is 11.5 Å². The molecule has 1 N–H and O–H groups in total. The number of carbonyl (C=O) groups excluding carboxylic acids is 2. The molecule has 0 unspecified atom stereocenters. The highest BCUT2D eigenvalue weighted by Gasteiger charge is 2.43. The van der Waals surface area contributed by atoms with E-state index in [1.54, 1.807) is 48.5 Å². The first-order valence-corrected chi connectivity index (χ1v) is 14.6. The zero-order chi connectivity index (χ0) is 30.9. The maximum absolute atomic E-state index is 13.6. The molecular weight excluding hydrogens is 581 g/mol. The van der Waals surface area contributed by atoms with Gasteiger partial charge in [-0.1, -0.05) is 30.3 Å². The first-order chi connectivity index (χ1) is 22.0. The minimum Gasteiger partial charge on any atom is -0.436 e. The minimum atomic E-state index is -1.07. The molecule has 0 spiro atoms. The van der Waals surface area contributed by atoms with Crippen LogP contribution in [0.4, 0.5) is 10.1 Å². The highest BCUT2D eigenvalue weighted by Crippen LogP contribution is 2.35. The second-order valence-electron chi connectivity index (χ2n) is 11.1. The maximum atomic E-state index is 13.6. The van der Waals surface area contributed by atoms with Gasteiger partial charge in [0.15, 0.2) is 18.1 Å². The number of rotatable bonds is 9. The Labute approximate surface area is 257 Å². The molecule has 1 aliphatic heterocycles. The Balaban J connectivity index is 1.04. The molecule has 5 aromatic rings. The van der Waals surface area contributed by atoms with Gasteiger partial charge >= 0.3 is 0 Å². The highest BCUT2D eigenvalue weighted by molar-refractivity contribution is 5.96. The Morgan fingerprint density at radius 1 is 1.09 bits per heavy atom. The number of ether oxygens (including phenoxy) is 1. The van der Waals surface area contributed by atoms with Gasteiger partial charge in [0.2, 0.25) is 11.8 Å². The number of nitrogens with one attached hydrogen (secondary N) is 1. The predicted octanol–water partition coefficient (Wildman–Crippen LogP) is 3.32. The molecule has 3 atom stereocenters. The number of halogens is 1. The predicted molar refractivity (Wildman–Crippen MR) is 159 cm³/mol. The Morgan fingerprint density at radius 3 is 2.64 bits per heavy atom. The number of fused-ring (bicyclic) bond motifs is 1. The number of oxazole rings is 1. The quantitative estimate of drug-likeness (QED) is 0.264. The van der Waals surface area contributed by atoms with Crippen LogP contribution < -0.4 is 5.32 Å². The molecule has 4 heterocycles. The van der Waals surface area contributed by atoms with E-state index in [-0.39, 0.29) is 36.7 Å². The number of aromatic nitrogens is 6. The molecule has 45 heavy (non-hydrogen) atoms. The summed E-state index contributed by atoms with van der Waals surface area (Å²) in [6.45, 7) is 2.37. The van der Waals surface area contributed by atoms with Crippen molar-refractivity contribution < 1.29 is 23.1 Å². The number of alkyl halides is 1. The average Bonchev–Trinajstić information content (AvgIpc) is 3.41. The third-order valence-corrected chi connectivity index (χ3v) is 7.97. The van der Waals surface area contributed by atoms with Crippen LogP contribution in [0.1, 0.15) is 34.3 Å². The summed E-state index contributed by atoms with van der Waals surface area (Å²) in [4.78, 5) is 40.0. The van der Waals surface area contributed by atoms with E-state index in [4.69, 9.17) is 9.15 Å². The summed E-state index contributed by atoms with van der Waals surface area (Å²) >= 11 is 0. The fourth-order valence-electron chi connectivity index (χ4n) is 5.52. The van der Waals surface area contributed by atoms with Crippen molar-refractivity contribution in [3.63, 3.8) is 0 Å². The van der Waals surface area contributed by atoms with Gasteiger partial charge in [0, 0.05) is 50.7 Å². The number of pyridine rings is 1. The van der Waals surface area contributed by atoms with Crippen LogP contribution in [0.3, 0.4) is 0 Å². The molecule has 230 valence electrons. The topological polar surface area (TPSA) is 144 Å². The molecule has 1 saturated heterocycles. The number of nitrogens with zero attached hydrogens (tertiary/aromatic N) is 8. The summed E-state index contributed by atoms with van der Waals surface area (Å²) in [6.07, 6.45) is 0.743. The molecular formula is C31H30FN9O4. The van der Waals surface area contributed by atoms with Crippen LogP contribution in [-0.2, 0) is 16.3 Å². The lowest BCUT2D eigenvalue weighted by Crippen LogP contribution is -2.50. The summed E-state index contributed by atoms with van der Waals surface area (Å²) in [7, 11) is 1.57. The molecule has 1 aliphatic carbocycles. The van der Waals surface area contributed by atoms with E-state index in [0.717, 1.165) is 5.56 Å². The Hall–Kier alpha value is -5.08. The summed E-state index contributed by atoms with van der Waals surface area (Å²) in [5.74, 6) is -0.234. The third-order valence-electron chi connectivity index (χ3n) is 7.97. The van der Waals surface area contributed by atoms with Gasteiger partial charge < -0.3 is 19.4 Å². The minimum absolute atomic E-state index is 0.190. The smallest absolute Gasteiger partial charge is 0.272 e. The standard InChI is InChI=1S/C31H30FN9O4/c1-44-18-41-37-28(36-38-41)27(19-5-3-2-4-6-19)39-11-13-40(14-12-39)31(43)25-15-20(9-10-33-25)30-35-24-16-21(7-8-26(24)45-30)34-29(42)22-17-23(22)32/h2-10,15-16,22-23,27H,11-14,17-18H2,1H3,(H,34,42)/t22-,23+,27-/m1/s1. The van der Waals surface area contributed by atoms with Crippen LogP contribution in [-0.4, -0.2) is 91.2 Å². The lowest BCUT2D eigenvalue weighted by molar-refractivity contribution is -0.117. The number of tetrazole rings is 1. The van der Waals surface area contributed by atoms with E-state index >= 15 is 0 Å². The monoisotopic (exact) mass is 611 g/mol. The first-order valence-electron chi connectivity index (χ1n) is 14.6. The van der Waals surface area contributed by atoms with Crippen LogP contribution in [0, 0.1) is 5.92 Å². The Bertz CT molecular complexity index is 1840. The van der Waals surface area contributed by atoms with Crippen molar-refractivity contribution in [2.75, 3.05) is 38.6 Å². The third kappa shape index (κ3) is 6.01. The van der Waals surface area contributed by atoms with E-state index in [9.17, 15) is 14.0 Å². The van der Waals surface area contributed by atoms with Crippen molar-refractivity contribution in [2.24, 2.45) is 5.92 Å². The van der Waals surface area contributed by atoms with E-state index in [2.05, 4.69) is 35.6 Å². The molecule has 2 fully saturated rings. The fraction of sp³-hybridized carbons (Fsp3) is 0.323. The van der Waals surface area contributed by atoms with Crippen LogP contribution in [0.25, 0.3) is 22.6 Å². The molecule has 2 aliphatic rings. The number of hydrogen-bond donors (Lipinski definition) is 1. The number of carbonyl (C=O) groups is 2. The lowest BCUT2D eigenvalue weighted by atomic mass is 10.0. The SMILES string of the molecule is COCn1nnc([C@@H](c2ccccc2)N2CCN(C(=O)c3cc(-c4nc5cc(NC(=O)[C@@H]6C[C@@H]6F)ccc5o4)ccn3)CC2)n1. The molecule has 2 amide bonds. The highest BCUT2D eigenvalue weighted by atomic mass is 19.1. The molecule has 2 aromatic carbocycles. The summed E-state index contributed by atoms with van der Waals surface area (Å²) in [5, 5.41) is 15.7. The average molecular weight is 612 g/mol. The molecule has 13 nitrogen and oxygen atoms in total. The van der Waals surface area contributed by atoms with Gasteiger partial charge in [0.05, 0.1) is 12.0 Å². The van der Waals surface area contributed by atoms with Gasteiger partial charge in [-0.15, -0.1) is 15.0 Å². The summed E-state index contributed by atoms with van der Waals surface area (Å²) < 4.78 is 24.3.